The summed E-state index contributed by atoms with van der Waals surface area (Å²) in [5, 5.41) is 6.37. The Morgan fingerprint density at radius 2 is 2.00 bits per heavy atom. The van der Waals surface area contributed by atoms with E-state index in [1.54, 1.807) is 0 Å². The van der Waals surface area contributed by atoms with Gasteiger partial charge in [-0.25, -0.2) is 0 Å². The second kappa shape index (κ2) is 6.39. The van der Waals surface area contributed by atoms with Crippen LogP contribution in [0.15, 0.2) is 0 Å². The van der Waals surface area contributed by atoms with E-state index < -0.39 is 0 Å². The zero-order valence-electron chi connectivity index (χ0n) is 11.8. The van der Waals surface area contributed by atoms with Gasteiger partial charge < -0.3 is 10.6 Å². The van der Waals surface area contributed by atoms with Crippen molar-refractivity contribution < 1.29 is 4.79 Å². The molecule has 1 aliphatic rings. The van der Waals surface area contributed by atoms with Crippen molar-refractivity contribution in [1.82, 2.24) is 10.6 Å². The summed E-state index contributed by atoms with van der Waals surface area (Å²) in [6, 6.07) is 0.484. The highest BCUT2D eigenvalue weighted by Crippen LogP contribution is 2.40. The van der Waals surface area contributed by atoms with Gasteiger partial charge in [0.05, 0.1) is 0 Å². The SMILES string of the molecule is CC(C)NCCNC(=O)C1CCCCC1(C)C. The van der Waals surface area contributed by atoms with E-state index in [-0.39, 0.29) is 17.2 Å². The van der Waals surface area contributed by atoms with Gasteiger partial charge in [0.2, 0.25) is 5.91 Å². The molecule has 1 rings (SSSR count). The van der Waals surface area contributed by atoms with Crippen molar-refractivity contribution in [2.75, 3.05) is 13.1 Å². The molecule has 1 fully saturated rings. The Bertz CT molecular complexity index is 249. The zero-order valence-corrected chi connectivity index (χ0v) is 11.8. The van der Waals surface area contributed by atoms with Crippen LogP contribution in [0.5, 0.6) is 0 Å². The monoisotopic (exact) mass is 240 g/mol. The van der Waals surface area contributed by atoms with Crippen molar-refractivity contribution in [3.8, 4) is 0 Å². The molecule has 0 aliphatic heterocycles. The first-order valence-corrected chi connectivity index (χ1v) is 6.94. The maximum absolute atomic E-state index is 12.1. The number of carbonyl (C=O) groups is 1. The standard InChI is InChI=1S/C14H28N2O/c1-11(2)15-9-10-16-13(17)12-7-5-6-8-14(12,3)4/h11-12,15H,5-10H2,1-4H3,(H,16,17). The van der Waals surface area contributed by atoms with Gasteiger partial charge in [0, 0.05) is 25.0 Å². The lowest BCUT2D eigenvalue weighted by atomic mass is 9.68. The molecule has 100 valence electrons. The van der Waals surface area contributed by atoms with Crippen LogP contribution < -0.4 is 10.6 Å². The Labute approximate surface area is 106 Å². The van der Waals surface area contributed by atoms with E-state index in [9.17, 15) is 4.79 Å². The zero-order chi connectivity index (χ0) is 12.9. The molecule has 1 saturated carbocycles. The average molecular weight is 240 g/mol. The first kappa shape index (κ1) is 14.5. The van der Waals surface area contributed by atoms with E-state index in [2.05, 4.69) is 38.3 Å². The number of nitrogens with one attached hydrogen (secondary N) is 2. The van der Waals surface area contributed by atoms with E-state index in [4.69, 9.17) is 0 Å². The van der Waals surface area contributed by atoms with Gasteiger partial charge in [0.25, 0.3) is 0 Å². The largest absolute Gasteiger partial charge is 0.355 e. The number of hydrogen-bond donors (Lipinski definition) is 2. The minimum Gasteiger partial charge on any atom is -0.355 e. The molecule has 0 bridgehead atoms. The second-order valence-corrected chi connectivity index (χ2v) is 6.19. The molecule has 17 heavy (non-hydrogen) atoms. The highest BCUT2D eigenvalue weighted by atomic mass is 16.1. The molecule has 1 amide bonds. The Morgan fingerprint density at radius 3 is 2.59 bits per heavy atom. The van der Waals surface area contributed by atoms with Gasteiger partial charge in [-0.1, -0.05) is 40.5 Å². The molecule has 2 N–H and O–H groups in total. The number of amides is 1. The lowest BCUT2D eigenvalue weighted by molar-refractivity contribution is -0.130. The predicted molar refractivity (Wildman–Crippen MR) is 71.9 cm³/mol. The van der Waals surface area contributed by atoms with Crippen molar-refractivity contribution in [2.24, 2.45) is 11.3 Å². The molecule has 3 heteroatoms. The highest BCUT2D eigenvalue weighted by Gasteiger charge is 2.36. The van der Waals surface area contributed by atoms with Gasteiger partial charge in [-0.3, -0.25) is 4.79 Å². The third kappa shape index (κ3) is 4.66. The van der Waals surface area contributed by atoms with Crippen LogP contribution in [0, 0.1) is 11.3 Å². The van der Waals surface area contributed by atoms with Gasteiger partial charge in [-0.2, -0.15) is 0 Å². The molecule has 0 aromatic carbocycles. The Morgan fingerprint density at radius 1 is 1.29 bits per heavy atom. The molecular weight excluding hydrogens is 212 g/mol. The second-order valence-electron chi connectivity index (χ2n) is 6.19. The summed E-state index contributed by atoms with van der Waals surface area (Å²) >= 11 is 0. The third-order valence-corrected chi connectivity index (χ3v) is 3.80. The van der Waals surface area contributed by atoms with Crippen LogP contribution in [-0.2, 0) is 4.79 Å². The Hall–Kier alpha value is -0.570. The van der Waals surface area contributed by atoms with Crippen LogP contribution in [0.2, 0.25) is 0 Å². The summed E-state index contributed by atoms with van der Waals surface area (Å²) in [6.07, 6.45) is 4.70. The Kier molecular flexibility index (Phi) is 5.44. The van der Waals surface area contributed by atoms with Crippen molar-refractivity contribution in [2.45, 2.75) is 59.4 Å². The average Bonchev–Trinajstić information content (AvgIpc) is 2.23. The molecule has 0 spiro atoms. The first-order chi connectivity index (χ1) is 7.93. The van der Waals surface area contributed by atoms with Crippen molar-refractivity contribution >= 4 is 5.91 Å². The summed E-state index contributed by atoms with van der Waals surface area (Å²) in [6.45, 7) is 10.3. The summed E-state index contributed by atoms with van der Waals surface area (Å²) in [4.78, 5) is 12.1. The molecule has 0 aromatic rings. The van der Waals surface area contributed by atoms with Crippen LogP contribution in [0.1, 0.15) is 53.4 Å². The molecule has 0 saturated heterocycles. The van der Waals surface area contributed by atoms with Crippen LogP contribution in [0.4, 0.5) is 0 Å². The Balaban J connectivity index is 2.31. The fraction of sp³-hybridized carbons (Fsp3) is 0.929. The smallest absolute Gasteiger partial charge is 0.223 e. The van der Waals surface area contributed by atoms with E-state index in [1.807, 2.05) is 0 Å². The van der Waals surface area contributed by atoms with Gasteiger partial charge in [-0.15, -0.1) is 0 Å². The van der Waals surface area contributed by atoms with E-state index >= 15 is 0 Å². The molecule has 0 radical (unpaired) electrons. The quantitative estimate of drug-likeness (QED) is 0.724. The maximum Gasteiger partial charge on any atom is 0.223 e. The van der Waals surface area contributed by atoms with Crippen LogP contribution in [0.25, 0.3) is 0 Å². The molecule has 3 nitrogen and oxygen atoms in total. The van der Waals surface area contributed by atoms with Gasteiger partial charge in [0.1, 0.15) is 0 Å². The molecule has 1 aliphatic carbocycles. The van der Waals surface area contributed by atoms with Gasteiger partial charge in [0.15, 0.2) is 0 Å². The molecule has 0 aromatic heterocycles. The van der Waals surface area contributed by atoms with Crippen LogP contribution >= 0.6 is 0 Å². The normalized spacial score (nSPS) is 23.7. The minimum atomic E-state index is 0.174. The molecule has 1 atom stereocenters. The third-order valence-electron chi connectivity index (χ3n) is 3.80. The van der Waals surface area contributed by atoms with Gasteiger partial charge >= 0.3 is 0 Å². The summed E-state index contributed by atoms with van der Waals surface area (Å²) in [7, 11) is 0. The fourth-order valence-electron chi connectivity index (χ4n) is 2.65. The lowest BCUT2D eigenvalue weighted by Crippen LogP contribution is -2.43. The van der Waals surface area contributed by atoms with E-state index in [0.717, 1.165) is 19.5 Å². The summed E-state index contributed by atoms with van der Waals surface area (Å²) in [5.74, 6) is 0.454. The predicted octanol–water partition coefficient (Wildman–Crippen LogP) is 2.32. The fourth-order valence-corrected chi connectivity index (χ4v) is 2.65. The van der Waals surface area contributed by atoms with E-state index in [1.165, 1.54) is 19.3 Å². The molecule has 0 heterocycles. The number of hydrogen-bond acceptors (Lipinski definition) is 2. The van der Waals surface area contributed by atoms with Crippen molar-refractivity contribution in [3.63, 3.8) is 0 Å². The number of carbonyl (C=O) groups excluding carboxylic acids is 1. The molecular formula is C14H28N2O. The first-order valence-electron chi connectivity index (χ1n) is 6.94. The summed E-state index contributed by atoms with van der Waals surface area (Å²) in [5.41, 5.74) is 0.174. The lowest BCUT2D eigenvalue weighted by Gasteiger charge is -2.37. The van der Waals surface area contributed by atoms with Crippen molar-refractivity contribution in [3.05, 3.63) is 0 Å². The minimum absolute atomic E-state index is 0.174. The highest BCUT2D eigenvalue weighted by molar-refractivity contribution is 5.79. The number of rotatable bonds is 5. The van der Waals surface area contributed by atoms with E-state index in [0.29, 0.717) is 6.04 Å². The van der Waals surface area contributed by atoms with Crippen molar-refractivity contribution in [1.29, 1.82) is 0 Å². The topological polar surface area (TPSA) is 41.1 Å². The van der Waals surface area contributed by atoms with Gasteiger partial charge in [-0.05, 0) is 18.3 Å². The molecule has 1 unspecified atom stereocenters. The van der Waals surface area contributed by atoms with Crippen LogP contribution in [-0.4, -0.2) is 25.0 Å². The maximum atomic E-state index is 12.1. The van der Waals surface area contributed by atoms with Crippen LogP contribution in [0.3, 0.4) is 0 Å². The summed E-state index contributed by atoms with van der Waals surface area (Å²) < 4.78 is 0.